The number of aromatic nitrogens is 3. The zero-order chi connectivity index (χ0) is 11.7. The predicted molar refractivity (Wildman–Crippen MR) is 67.4 cm³/mol. The maximum absolute atomic E-state index is 9.15. The lowest BCUT2D eigenvalue weighted by Gasteiger charge is -2.10. The fourth-order valence-corrected chi connectivity index (χ4v) is 3.27. The van der Waals surface area contributed by atoms with Crippen LogP contribution in [0.15, 0.2) is 27.4 Å². The molecule has 0 radical (unpaired) electrons. The van der Waals surface area contributed by atoms with Crippen LogP contribution in [0.2, 0.25) is 0 Å². The van der Waals surface area contributed by atoms with E-state index in [2.05, 4.69) is 42.1 Å². The van der Waals surface area contributed by atoms with E-state index >= 15 is 0 Å². The van der Waals surface area contributed by atoms with Crippen molar-refractivity contribution in [2.45, 2.75) is 13.5 Å². The molecular formula is C10H9Br2N3O. The monoisotopic (exact) mass is 345 g/mol. The summed E-state index contributed by atoms with van der Waals surface area (Å²) in [7, 11) is 0. The summed E-state index contributed by atoms with van der Waals surface area (Å²) in [6, 6.07) is 4.00. The molecule has 0 amide bonds. The highest BCUT2D eigenvalue weighted by Crippen LogP contribution is 2.31. The minimum absolute atomic E-state index is 0.146. The van der Waals surface area contributed by atoms with Gasteiger partial charge in [-0.1, -0.05) is 0 Å². The van der Waals surface area contributed by atoms with E-state index in [4.69, 9.17) is 5.11 Å². The number of nitrogens with zero attached hydrogens (tertiary/aromatic N) is 3. The zero-order valence-electron chi connectivity index (χ0n) is 8.48. The third-order valence-corrected chi connectivity index (χ3v) is 3.37. The predicted octanol–water partition coefficient (Wildman–Crippen LogP) is 2.59. The Morgan fingerprint density at radius 2 is 1.94 bits per heavy atom. The Morgan fingerprint density at radius 3 is 2.50 bits per heavy atom. The van der Waals surface area contributed by atoms with Gasteiger partial charge in [0.15, 0.2) is 5.82 Å². The van der Waals surface area contributed by atoms with Crippen molar-refractivity contribution in [2.75, 3.05) is 0 Å². The molecule has 16 heavy (non-hydrogen) atoms. The van der Waals surface area contributed by atoms with E-state index in [1.165, 1.54) is 0 Å². The molecule has 2 rings (SSSR count). The van der Waals surface area contributed by atoms with Crippen LogP contribution in [0.1, 0.15) is 11.4 Å². The van der Waals surface area contributed by atoms with Crippen LogP contribution < -0.4 is 0 Å². The summed E-state index contributed by atoms with van der Waals surface area (Å²) in [4.78, 5) is 0. The Morgan fingerprint density at radius 1 is 1.31 bits per heavy atom. The van der Waals surface area contributed by atoms with Gasteiger partial charge in [0.25, 0.3) is 0 Å². The topological polar surface area (TPSA) is 50.9 Å². The van der Waals surface area contributed by atoms with Crippen LogP contribution in [0.5, 0.6) is 0 Å². The molecule has 0 spiro atoms. The average Bonchev–Trinajstić information content (AvgIpc) is 2.64. The van der Waals surface area contributed by atoms with E-state index < -0.39 is 0 Å². The normalized spacial score (nSPS) is 10.8. The second-order valence-electron chi connectivity index (χ2n) is 3.35. The maximum atomic E-state index is 9.15. The molecular weight excluding hydrogens is 338 g/mol. The fraction of sp³-hybridized carbons (Fsp3) is 0.200. The minimum atomic E-state index is -0.146. The van der Waals surface area contributed by atoms with Gasteiger partial charge in [-0.3, -0.25) is 4.57 Å². The molecule has 4 nitrogen and oxygen atoms in total. The van der Waals surface area contributed by atoms with Crippen molar-refractivity contribution in [3.63, 3.8) is 0 Å². The number of hydrogen-bond acceptors (Lipinski definition) is 3. The van der Waals surface area contributed by atoms with E-state index in [0.717, 1.165) is 20.2 Å². The molecule has 0 atom stereocenters. The summed E-state index contributed by atoms with van der Waals surface area (Å²) < 4.78 is 3.59. The first-order valence-corrected chi connectivity index (χ1v) is 6.18. The standard InChI is InChI=1S/C10H9Br2N3O/c1-6-2-7(11)10(8(12)3-6)15-5-13-14-9(15)4-16/h2-3,5,16H,4H2,1H3. The molecule has 2 aromatic rings. The first-order chi connectivity index (χ1) is 7.63. The number of hydrogen-bond donors (Lipinski definition) is 1. The van der Waals surface area contributed by atoms with Crippen LogP contribution in [0.4, 0.5) is 0 Å². The van der Waals surface area contributed by atoms with Crippen molar-refractivity contribution in [3.8, 4) is 5.69 Å². The first-order valence-electron chi connectivity index (χ1n) is 4.59. The molecule has 6 heteroatoms. The zero-order valence-corrected chi connectivity index (χ0v) is 11.7. The Labute approximate surface area is 110 Å². The third-order valence-electron chi connectivity index (χ3n) is 2.16. The van der Waals surface area contributed by atoms with E-state index in [1.807, 2.05) is 19.1 Å². The average molecular weight is 347 g/mol. The summed E-state index contributed by atoms with van der Waals surface area (Å²) in [5.41, 5.74) is 2.03. The molecule has 0 saturated carbocycles. The summed E-state index contributed by atoms with van der Waals surface area (Å²) in [6.07, 6.45) is 1.58. The highest BCUT2D eigenvalue weighted by Gasteiger charge is 2.12. The number of halogens is 2. The Kier molecular flexibility index (Phi) is 3.41. The number of benzene rings is 1. The molecule has 1 aromatic heterocycles. The second kappa shape index (κ2) is 4.65. The molecule has 0 bridgehead atoms. The van der Waals surface area contributed by atoms with Crippen molar-refractivity contribution in [1.82, 2.24) is 14.8 Å². The summed E-state index contributed by atoms with van der Waals surface area (Å²) >= 11 is 6.99. The van der Waals surface area contributed by atoms with Crippen molar-refractivity contribution in [3.05, 3.63) is 38.8 Å². The van der Waals surface area contributed by atoms with Crippen molar-refractivity contribution >= 4 is 31.9 Å². The van der Waals surface area contributed by atoms with Crippen LogP contribution in [0.25, 0.3) is 5.69 Å². The van der Waals surface area contributed by atoms with Gasteiger partial charge in [-0.2, -0.15) is 0 Å². The number of aliphatic hydroxyl groups excluding tert-OH is 1. The molecule has 1 aromatic carbocycles. The van der Waals surface area contributed by atoms with E-state index in [-0.39, 0.29) is 6.61 Å². The van der Waals surface area contributed by atoms with E-state index in [9.17, 15) is 0 Å². The molecule has 0 unspecified atom stereocenters. The van der Waals surface area contributed by atoms with Gasteiger partial charge in [0, 0.05) is 8.95 Å². The van der Waals surface area contributed by atoms with Gasteiger partial charge >= 0.3 is 0 Å². The fourth-order valence-electron chi connectivity index (χ4n) is 1.48. The smallest absolute Gasteiger partial charge is 0.163 e. The quantitative estimate of drug-likeness (QED) is 0.909. The first kappa shape index (κ1) is 11.8. The molecule has 0 saturated heterocycles. The molecule has 0 aliphatic heterocycles. The highest BCUT2D eigenvalue weighted by atomic mass is 79.9. The second-order valence-corrected chi connectivity index (χ2v) is 5.06. The van der Waals surface area contributed by atoms with Gasteiger partial charge in [0.05, 0.1) is 5.69 Å². The van der Waals surface area contributed by atoms with Crippen molar-refractivity contribution in [2.24, 2.45) is 0 Å². The summed E-state index contributed by atoms with van der Waals surface area (Å²) in [5, 5.41) is 16.8. The van der Waals surface area contributed by atoms with Crippen molar-refractivity contribution in [1.29, 1.82) is 0 Å². The van der Waals surface area contributed by atoms with Crippen LogP contribution in [-0.4, -0.2) is 19.9 Å². The number of aryl methyl sites for hydroxylation is 1. The Bertz CT molecular complexity index is 502. The van der Waals surface area contributed by atoms with E-state index in [0.29, 0.717) is 5.82 Å². The minimum Gasteiger partial charge on any atom is -0.388 e. The van der Waals surface area contributed by atoms with Gasteiger partial charge in [-0.15, -0.1) is 10.2 Å². The molecule has 1 N–H and O–H groups in total. The molecule has 0 aliphatic rings. The Hall–Kier alpha value is -0.720. The van der Waals surface area contributed by atoms with Gasteiger partial charge in [-0.25, -0.2) is 0 Å². The molecule has 0 aliphatic carbocycles. The van der Waals surface area contributed by atoms with Gasteiger partial charge in [-0.05, 0) is 56.5 Å². The highest BCUT2D eigenvalue weighted by molar-refractivity contribution is 9.11. The SMILES string of the molecule is Cc1cc(Br)c(-n2cnnc2CO)c(Br)c1. The van der Waals surface area contributed by atoms with Crippen LogP contribution >= 0.6 is 31.9 Å². The number of rotatable bonds is 2. The summed E-state index contributed by atoms with van der Waals surface area (Å²) in [6.45, 7) is 1.87. The third kappa shape index (κ3) is 2.05. The van der Waals surface area contributed by atoms with Gasteiger partial charge in [0.1, 0.15) is 12.9 Å². The van der Waals surface area contributed by atoms with Gasteiger partial charge in [0.2, 0.25) is 0 Å². The van der Waals surface area contributed by atoms with Crippen LogP contribution in [0, 0.1) is 6.92 Å². The van der Waals surface area contributed by atoms with Crippen molar-refractivity contribution < 1.29 is 5.11 Å². The molecule has 1 heterocycles. The maximum Gasteiger partial charge on any atom is 0.163 e. The Balaban J connectivity index is 2.64. The van der Waals surface area contributed by atoms with E-state index in [1.54, 1.807) is 10.9 Å². The lowest BCUT2D eigenvalue weighted by molar-refractivity contribution is 0.269. The molecule has 0 fully saturated rings. The molecule has 84 valence electrons. The lowest BCUT2D eigenvalue weighted by Crippen LogP contribution is -2.02. The largest absolute Gasteiger partial charge is 0.388 e. The van der Waals surface area contributed by atoms with Gasteiger partial charge < -0.3 is 5.11 Å². The van der Waals surface area contributed by atoms with Crippen LogP contribution in [0.3, 0.4) is 0 Å². The lowest BCUT2D eigenvalue weighted by atomic mass is 10.2. The number of aliphatic hydroxyl groups is 1. The summed E-state index contributed by atoms with van der Waals surface area (Å²) in [5.74, 6) is 0.505. The van der Waals surface area contributed by atoms with Crippen LogP contribution in [-0.2, 0) is 6.61 Å².